The molecule has 2 N–H and O–H groups in total. The van der Waals surface area contributed by atoms with Crippen molar-refractivity contribution in [2.75, 3.05) is 11.9 Å². The summed E-state index contributed by atoms with van der Waals surface area (Å²) in [6.45, 7) is 1.71. The van der Waals surface area contributed by atoms with Gasteiger partial charge in [-0.15, -0.1) is 0 Å². The van der Waals surface area contributed by atoms with Crippen molar-refractivity contribution in [3.05, 3.63) is 29.8 Å². The normalized spacial score (nSPS) is 17.6. The highest BCUT2D eigenvalue weighted by molar-refractivity contribution is 5.88. The van der Waals surface area contributed by atoms with Crippen molar-refractivity contribution in [2.24, 2.45) is 0 Å². The van der Waals surface area contributed by atoms with Crippen molar-refractivity contribution in [1.29, 1.82) is 0 Å². The third kappa shape index (κ3) is 1.95. The Morgan fingerprint density at radius 1 is 1.38 bits per heavy atom. The molecular weight excluding hydrogens is 202 g/mol. The molecule has 3 heteroatoms. The van der Waals surface area contributed by atoms with Gasteiger partial charge in [0.1, 0.15) is 0 Å². The molecule has 0 radical (unpaired) electrons. The van der Waals surface area contributed by atoms with E-state index in [0.29, 0.717) is 0 Å². The van der Waals surface area contributed by atoms with Gasteiger partial charge in [0, 0.05) is 18.0 Å². The first-order valence-corrected chi connectivity index (χ1v) is 5.65. The highest BCUT2D eigenvalue weighted by Gasteiger charge is 2.37. The second-order valence-corrected chi connectivity index (χ2v) is 4.55. The minimum absolute atomic E-state index is 0.0191. The molecule has 1 fully saturated rings. The van der Waals surface area contributed by atoms with Gasteiger partial charge in [-0.2, -0.15) is 0 Å². The summed E-state index contributed by atoms with van der Waals surface area (Å²) in [5.41, 5.74) is 1.97. The van der Waals surface area contributed by atoms with Crippen molar-refractivity contribution in [2.45, 2.75) is 31.6 Å². The number of aliphatic hydroxyl groups excluding tert-OH is 1. The molecule has 16 heavy (non-hydrogen) atoms. The largest absolute Gasteiger partial charge is 0.395 e. The van der Waals surface area contributed by atoms with Gasteiger partial charge in [-0.1, -0.05) is 18.6 Å². The zero-order valence-electron chi connectivity index (χ0n) is 9.49. The molecule has 0 spiro atoms. The fourth-order valence-electron chi connectivity index (χ4n) is 2.25. The van der Waals surface area contributed by atoms with Crippen molar-refractivity contribution < 1.29 is 9.90 Å². The molecule has 0 atom stereocenters. The molecule has 1 aromatic carbocycles. The van der Waals surface area contributed by atoms with E-state index < -0.39 is 0 Å². The fourth-order valence-corrected chi connectivity index (χ4v) is 2.25. The number of rotatable bonds is 3. The average molecular weight is 219 g/mol. The molecule has 1 aliphatic rings. The Labute approximate surface area is 95.5 Å². The molecule has 0 aliphatic heterocycles. The predicted molar refractivity (Wildman–Crippen MR) is 63.4 cm³/mol. The van der Waals surface area contributed by atoms with E-state index in [2.05, 4.69) is 5.32 Å². The van der Waals surface area contributed by atoms with Crippen molar-refractivity contribution >= 4 is 11.6 Å². The summed E-state index contributed by atoms with van der Waals surface area (Å²) in [5.74, 6) is -0.0618. The van der Waals surface area contributed by atoms with E-state index in [9.17, 15) is 9.90 Å². The number of amides is 1. The first kappa shape index (κ1) is 11.1. The summed E-state index contributed by atoms with van der Waals surface area (Å²) >= 11 is 0. The Kier molecular flexibility index (Phi) is 2.97. The number of benzene rings is 1. The Balaban J connectivity index is 2.15. The van der Waals surface area contributed by atoms with Crippen LogP contribution in [-0.2, 0) is 10.2 Å². The Bertz CT molecular complexity index is 374. The number of hydrogen-bond donors (Lipinski definition) is 2. The van der Waals surface area contributed by atoms with E-state index in [4.69, 9.17) is 0 Å². The summed E-state index contributed by atoms with van der Waals surface area (Å²) < 4.78 is 0. The number of anilines is 1. The number of hydrogen-bond acceptors (Lipinski definition) is 2. The Morgan fingerprint density at radius 3 is 2.38 bits per heavy atom. The highest BCUT2D eigenvalue weighted by atomic mass is 16.3. The van der Waals surface area contributed by atoms with E-state index in [-0.39, 0.29) is 17.9 Å². The molecule has 0 unspecified atom stereocenters. The van der Waals surface area contributed by atoms with E-state index >= 15 is 0 Å². The molecule has 0 saturated heterocycles. The van der Waals surface area contributed by atoms with Gasteiger partial charge in [0.2, 0.25) is 5.91 Å². The molecule has 1 saturated carbocycles. The van der Waals surface area contributed by atoms with Gasteiger partial charge in [-0.25, -0.2) is 0 Å². The number of aliphatic hydroxyl groups is 1. The fraction of sp³-hybridized carbons (Fsp3) is 0.462. The maximum Gasteiger partial charge on any atom is 0.221 e. The number of carbonyl (C=O) groups is 1. The lowest BCUT2D eigenvalue weighted by Gasteiger charge is -2.40. The Morgan fingerprint density at radius 2 is 2.00 bits per heavy atom. The van der Waals surface area contributed by atoms with Crippen LogP contribution in [0, 0.1) is 0 Å². The summed E-state index contributed by atoms with van der Waals surface area (Å²) in [6, 6.07) is 7.79. The molecular formula is C13H17NO2. The standard InChI is InChI=1S/C13H17NO2/c1-10(16)14-12-5-3-11(4-6-12)13(9-15)7-2-8-13/h3-6,15H,2,7-9H2,1H3,(H,14,16). The van der Waals surface area contributed by atoms with Crippen LogP contribution in [0.5, 0.6) is 0 Å². The van der Waals surface area contributed by atoms with Crippen LogP contribution < -0.4 is 5.32 Å². The summed E-state index contributed by atoms with van der Waals surface area (Å²) in [4.78, 5) is 10.9. The molecule has 1 aliphatic carbocycles. The van der Waals surface area contributed by atoms with Crippen molar-refractivity contribution in [1.82, 2.24) is 0 Å². The minimum Gasteiger partial charge on any atom is -0.395 e. The molecule has 86 valence electrons. The smallest absolute Gasteiger partial charge is 0.221 e. The van der Waals surface area contributed by atoms with Crippen LogP contribution in [0.1, 0.15) is 31.7 Å². The lowest BCUT2D eigenvalue weighted by molar-refractivity contribution is -0.114. The van der Waals surface area contributed by atoms with Crippen LogP contribution in [0.25, 0.3) is 0 Å². The molecule has 0 aromatic heterocycles. The quantitative estimate of drug-likeness (QED) is 0.817. The van der Waals surface area contributed by atoms with Crippen LogP contribution in [-0.4, -0.2) is 17.6 Å². The van der Waals surface area contributed by atoms with Crippen LogP contribution >= 0.6 is 0 Å². The zero-order chi connectivity index (χ0) is 11.6. The van der Waals surface area contributed by atoms with Crippen LogP contribution in [0.3, 0.4) is 0 Å². The van der Waals surface area contributed by atoms with Crippen LogP contribution in [0.15, 0.2) is 24.3 Å². The number of carbonyl (C=O) groups excluding carboxylic acids is 1. The second-order valence-electron chi connectivity index (χ2n) is 4.55. The SMILES string of the molecule is CC(=O)Nc1ccc(C2(CO)CCC2)cc1. The summed E-state index contributed by atoms with van der Waals surface area (Å²) in [7, 11) is 0. The van der Waals surface area contributed by atoms with Crippen LogP contribution in [0.2, 0.25) is 0 Å². The molecule has 3 nitrogen and oxygen atoms in total. The molecule has 0 heterocycles. The molecule has 0 bridgehead atoms. The van der Waals surface area contributed by atoms with Crippen molar-refractivity contribution in [3.8, 4) is 0 Å². The maximum atomic E-state index is 10.9. The zero-order valence-corrected chi connectivity index (χ0v) is 9.49. The molecule has 2 rings (SSSR count). The Hall–Kier alpha value is -1.35. The van der Waals surface area contributed by atoms with E-state index in [0.717, 1.165) is 18.5 Å². The van der Waals surface area contributed by atoms with E-state index in [1.807, 2.05) is 24.3 Å². The van der Waals surface area contributed by atoms with Gasteiger partial charge in [-0.05, 0) is 30.5 Å². The summed E-state index contributed by atoms with van der Waals surface area (Å²) in [6.07, 6.45) is 3.31. The van der Waals surface area contributed by atoms with Gasteiger partial charge >= 0.3 is 0 Å². The topological polar surface area (TPSA) is 49.3 Å². The first-order chi connectivity index (χ1) is 7.66. The number of nitrogens with one attached hydrogen (secondary N) is 1. The first-order valence-electron chi connectivity index (χ1n) is 5.65. The monoisotopic (exact) mass is 219 g/mol. The van der Waals surface area contributed by atoms with Gasteiger partial charge in [0.05, 0.1) is 6.61 Å². The third-order valence-corrected chi connectivity index (χ3v) is 3.43. The van der Waals surface area contributed by atoms with Gasteiger partial charge in [-0.3, -0.25) is 4.79 Å². The van der Waals surface area contributed by atoms with E-state index in [1.165, 1.54) is 18.9 Å². The molecule has 1 aromatic rings. The van der Waals surface area contributed by atoms with Gasteiger partial charge in [0.15, 0.2) is 0 Å². The predicted octanol–water partition coefficient (Wildman–Crippen LogP) is 2.06. The van der Waals surface area contributed by atoms with Crippen LogP contribution in [0.4, 0.5) is 5.69 Å². The maximum absolute atomic E-state index is 10.9. The molecule has 1 amide bonds. The van der Waals surface area contributed by atoms with Crippen molar-refractivity contribution in [3.63, 3.8) is 0 Å². The van der Waals surface area contributed by atoms with E-state index in [1.54, 1.807) is 0 Å². The van der Waals surface area contributed by atoms with Gasteiger partial charge in [0.25, 0.3) is 0 Å². The highest BCUT2D eigenvalue weighted by Crippen LogP contribution is 2.43. The lowest BCUT2D eigenvalue weighted by Crippen LogP contribution is -2.37. The second kappa shape index (κ2) is 4.26. The summed E-state index contributed by atoms with van der Waals surface area (Å²) in [5, 5.41) is 12.2. The minimum atomic E-state index is -0.0618. The van der Waals surface area contributed by atoms with Gasteiger partial charge < -0.3 is 10.4 Å². The third-order valence-electron chi connectivity index (χ3n) is 3.43. The average Bonchev–Trinajstić information content (AvgIpc) is 2.19. The lowest BCUT2D eigenvalue weighted by atomic mass is 9.65.